The predicted molar refractivity (Wildman–Crippen MR) is 78.5 cm³/mol. The van der Waals surface area contributed by atoms with Crippen LogP contribution < -0.4 is 0 Å². The van der Waals surface area contributed by atoms with E-state index in [1.165, 1.54) is 6.42 Å². The third-order valence-electron chi connectivity index (χ3n) is 3.92. The van der Waals surface area contributed by atoms with E-state index in [1.807, 2.05) is 42.3 Å². The molecule has 0 saturated carbocycles. The minimum absolute atomic E-state index is 0.153. The molecule has 4 heteroatoms. The number of nitrogens with one attached hydrogen (secondary N) is 1. The Balaban J connectivity index is 1.79. The summed E-state index contributed by atoms with van der Waals surface area (Å²) in [6, 6.07) is 7.82. The highest BCUT2D eigenvalue weighted by atomic mass is 16.2. The van der Waals surface area contributed by atoms with Gasteiger partial charge in [-0.15, -0.1) is 0 Å². The van der Waals surface area contributed by atoms with Crippen molar-refractivity contribution >= 4 is 5.91 Å². The third-order valence-corrected chi connectivity index (χ3v) is 3.92. The van der Waals surface area contributed by atoms with Crippen LogP contribution in [-0.4, -0.2) is 34.1 Å². The predicted octanol–water partition coefficient (Wildman–Crippen LogP) is 3.01. The molecule has 1 saturated heterocycles. The number of nitrogens with zero attached hydrogens (tertiary/aromatic N) is 2. The molecule has 104 valence electrons. The monoisotopic (exact) mass is 269 g/mol. The number of hydrogen-bond donors (Lipinski definition) is 1. The summed E-state index contributed by atoms with van der Waals surface area (Å²) in [6.45, 7) is 3.78. The van der Waals surface area contributed by atoms with Gasteiger partial charge in [0, 0.05) is 29.9 Å². The number of benzene rings is 1. The highest BCUT2D eigenvalue weighted by molar-refractivity contribution is 5.94. The first-order valence-electron chi connectivity index (χ1n) is 7.15. The van der Waals surface area contributed by atoms with E-state index >= 15 is 0 Å². The zero-order valence-corrected chi connectivity index (χ0v) is 11.7. The van der Waals surface area contributed by atoms with E-state index in [0.717, 1.165) is 48.3 Å². The maximum Gasteiger partial charge on any atom is 0.253 e. The molecule has 2 heterocycles. The average Bonchev–Trinajstić information content (AvgIpc) is 2.94. The van der Waals surface area contributed by atoms with E-state index in [9.17, 15) is 4.79 Å². The lowest BCUT2D eigenvalue weighted by molar-refractivity contribution is 0.0724. The van der Waals surface area contributed by atoms with E-state index in [0.29, 0.717) is 0 Å². The van der Waals surface area contributed by atoms with Crippen LogP contribution in [0.25, 0.3) is 11.1 Å². The minimum Gasteiger partial charge on any atom is -0.339 e. The molecule has 1 fully saturated rings. The number of carbonyl (C=O) groups is 1. The maximum atomic E-state index is 12.4. The Labute approximate surface area is 118 Å². The Hall–Kier alpha value is -2.10. The molecule has 3 rings (SSSR count). The quantitative estimate of drug-likeness (QED) is 0.911. The second-order valence-corrected chi connectivity index (χ2v) is 5.34. The second kappa shape index (κ2) is 5.49. The standard InChI is InChI=1S/C16H19N3O/c1-12-15(11-17-18-12)13-5-7-14(8-6-13)16(20)19-9-3-2-4-10-19/h5-8,11H,2-4,9-10H2,1H3,(H,17,18). The van der Waals surface area contributed by atoms with Crippen molar-refractivity contribution in [2.75, 3.05) is 13.1 Å². The SMILES string of the molecule is Cc1[nH]ncc1-c1ccc(C(=O)N2CCCCC2)cc1. The van der Waals surface area contributed by atoms with Gasteiger partial charge in [-0.2, -0.15) is 5.10 Å². The van der Waals surface area contributed by atoms with Gasteiger partial charge in [-0.25, -0.2) is 0 Å². The molecule has 1 aromatic heterocycles. The van der Waals surface area contributed by atoms with Gasteiger partial charge in [-0.3, -0.25) is 9.89 Å². The van der Waals surface area contributed by atoms with Crippen LogP contribution in [0.5, 0.6) is 0 Å². The lowest BCUT2D eigenvalue weighted by atomic mass is 10.0. The average molecular weight is 269 g/mol. The molecule has 0 spiro atoms. The Bertz CT molecular complexity index is 594. The number of likely N-dealkylation sites (tertiary alicyclic amines) is 1. The van der Waals surface area contributed by atoms with Gasteiger partial charge in [0.2, 0.25) is 0 Å². The molecule has 4 nitrogen and oxygen atoms in total. The fraction of sp³-hybridized carbons (Fsp3) is 0.375. The van der Waals surface area contributed by atoms with Crippen molar-refractivity contribution in [3.63, 3.8) is 0 Å². The summed E-state index contributed by atoms with van der Waals surface area (Å²) in [4.78, 5) is 14.3. The summed E-state index contributed by atoms with van der Waals surface area (Å²) in [5.41, 5.74) is 3.99. The van der Waals surface area contributed by atoms with E-state index < -0.39 is 0 Å². The lowest BCUT2D eigenvalue weighted by Crippen LogP contribution is -2.35. The van der Waals surface area contributed by atoms with Crippen LogP contribution in [0.3, 0.4) is 0 Å². The number of H-pyrrole nitrogens is 1. The topological polar surface area (TPSA) is 49.0 Å². The van der Waals surface area contributed by atoms with Crippen LogP contribution in [0.15, 0.2) is 30.5 Å². The second-order valence-electron chi connectivity index (χ2n) is 5.34. The zero-order valence-electron chi connectivity index (χ0n) is 11.7. The van der Waals surface area contributed by atoms with E-state index in [1.54, 1.807) is 0 Å². The fourth-order valence-electron chi connectivity index (χ4n) is 2.71. The summed E-state index contributed by atoms with van der Waals surface area (Å²) in [5.74, 6) is 0.153. The maximum absolute atomic E-state index is 12.4. The molecule has 1 aliphatic heterocycles. The van der Waals surface area contributed by atoms with Gasteiger partial charge in [0.15, 0.2) is 0 Å². The molecule has 0 aliphatic carbocycles. The first-order chi connectivity index (χ1) is 9.75. The van der Waals surface area contributed by atoms with Crippen LogP contribution in [0, 0.1) is 6.92 Å². The van der Waals surface area contributed by atoms with E-state index in [4.69, 9.17) is 0 Å². The molecular weight excluding hydrogens is 250 g/mol. The van der Waals surface area contributed by atoms with E-state index in [-0.39, 0.29) is 5.91 Å². The van der Waals surface area contributed by atoms with Gasteiger partial charge >= 0.3 is 0 Å². The first-order valence-corrected chi connectivity index (χ1v) is 7.15. The molecule has 20 heavy (non-hydrogen) atoms. The first kappa shape index (κ1) is 12.9. The number of aromatic amines is 1. The molecule has 1 aliphatic rings. The van der Waals surface area contributed by atoms with Gasteiger partial charge in [-0.1, -0.05) is 12.1 Å². The van der Waals surface area contributed by atoms with Crippen LogP contribution >= 0.6 is 0 Å². The highest BCUT2D eigenvalue weighted by Gasteiger charge is 2.18. The summed E-state index contributed by atoms with van der Waals surface area (Å²) in [5, 5.41) is 6.96. The van der Waals surface area contributed by atoms with Crippen LogP contribution in [0.2, 0.25) is 0 Å². The summed E-state index contributed by atoms with van der Waals surface area (Å²) >= 11 is 0. The van der Waals surface area contributed by atoms with Crippen molar-refractivity contribution < 1.29 is 4.79 Å². The van der Waals surface area contributed by atoms with Crippen molar-refractivity contribution in [3.8, 4) is 11.1 Å². The molecule has 0 atom stereocenters. The summed E-state index contributed by atoms with van der Waals surface area (Å²) in [6.07, 6.45) is 5.30. The molecule has 1 N–H and O–H groups in total. The van der Waals surface area contributed by atoms with Gasteiger partial charge in [-0.05, 0) is 43.9 Å². The van der Waals surface area contributed by atoms with Crippen LogP contribution in [0.1, 0.15) is 35.3 Å². The summed E-state index contributed by atoms with van der Waals surface area (Å²) in [7, 11) is 0. The van der Waals surface area contributed by atoms with Crippen molar-refractivity contribution in [1.29, 1.82) is 0 Å². The van der Waals surface area contributed by atoms with Crippen molar-refractivity contribution in [2.45, 2.75) is 26.2 Å². The molecule has 2 aromatic rings. The van der Waals surface area contributed by atoms with Crippen molar-refractivity contribution in [1.82, 2.24) is 15.1 Å². The van der Waals surface area contributed by atoms with Gasteiger partial charge in [0.1, 0.15) is 0 Å². The summed E-state index contributed by atoms with van der Waals surface area (Å²) < 4.78 is 0. The minimum atomic E-state index is 0.153. The Morgan fingerprint density at radius 2 is 1.85 bits per heavy atom. The highest BCUT2D eigenvalue weighted by Crippen LogP contribution is 2.22. The van der Waals surface area contributed by atoms with Crippen LogP contribution in [0.4, 0.5) is 0 Å². The number of carbonyl (C=O) groups excluding carboxylic acids is 1. The molecule has 1 aromatic carbocycles. The Morgan fingerprint density at radius 3 is 2.45 bits per heavy atom. The smallest absolute Gasteiger partial charge is 0.253 e. The number of amides is 1. The normalized spacial score (nSPS) is 15.3. The molecule has 0 radical (unpaired) electrons. The zero-order chi connectivity index (χ0) is 13.9. The Morgan fingerprint density at radius 1 is 1.15 bits per heavy atom. The van der Waals surface area contributed by atoms with E-state index in [2.05, 4.69) is 10.2 Å². The Kier molecular flexibility index (Phi) is 3.54. The lowest BCUT2D eigenvalue weighted by Gasteiger charge is -2.26. The van der Waals surface area contributed by atoms with Gasteiger partial charge in [0.05, 0.1) is 6.20 Å². The number of rotatable bonds is 2. The van der Waals surface area contributed by atoms with Gasteiger partial charge in [0.25, 0.3) is 5.91 Å². The number of aryl methyl sites for hydroxylation is 1. The van der Waals surface area contributed by atoms with Gasteiger partial charge < -0.3 is 4.90 Å². The largest absolute Gasteiger partial charge is 0.339 e. The third kappa shape index (κ3) is 2.46. The molecule has 0 bridgehead atoms. The number of hydrogen-bond acceptors (Lipinski definition) is 2. The fourth-order valence-corrected chi connectivity index (χ4v) is 2.71. The molecule has 1 amide bonds. The molecular formula is C16H19N3O. The molecule has 0 unspecified atom stereocenters. The number of piperidine rings is 1. The van der Waals surface area contributed by atoms with Crippen molar-refractivity contribution in [2.24, 2.45) is 0 Å². The number of aromatic nitrogens is 2. The van der Waals surface area contributed by atoms with Crippen LogP contribution in [-0.2, 0) is 0 Å². The van der Waals surface area contributed by atoms with Crippen molar-refractivity contribution in [3.05, 3.63) is 41.7 Å².